The monoisotopic (exact) mass is 635 g/mol. The molecule has 1 unspecified atom stereocenters. The molecule has 2 amide bonds. The van der Waals surface area contributed by atoms with Crippen LogP contribution in [0.25, 0.3) is 0 Å². The number of amides is 2. The van der Waals surface area contributed by atoms with E-state index in [4.69, 9.17) is 27.9 Å². The van der Waals surface area contributed by atoms with E-state index in [-0.39, 0.29) is 39.5 Å². The lowest BCUT2D eigenvalue weighted by atomic mass is 9.86. The molecule has 0 aliphatic carbocycles. The highest BCUT2D eigenvalue weighted by Crippen LogP contribution is 2.37. The lowest BCUT2D eigenvalue weighted by Crippen LogP contribution is -2.52. The van der Waals surface area contributed by atoms with Crippen molar-refractivity contribution in [2.75, 3.05) is 23.2 Å². The largest absolute Gasteiger partial charge is 0.480 e. The van der Waals surface area contributed by atoms with Gasteiger partial charge in [-0.2, -0.15) is 0 Å². The molecule has 3 rings (SSSR count). The molecular weight excluding hydrogens is 605 g/mol. The van der Waals surface area contributed by atoms with Crippen molar-refractivity contribution in [3.8, 4) is 0 Å². The first kappa shape index (κ1) is 32.7. The molecule has 0 aliphatic heterocycles. The first-order valence-electron chi connectivity index (χ1n) is 12.6. The minimum absolute atomic E-state index is 0.0335. The van der Waals surface area contributed by atoms with E-state index in [1.165, 1.54) is 49.5 Å². The van der Waals surface area contributed by atoms with Crippen LogP contribution in [0.4, 0.5) is 16.2 Å². The number of carboxylic acids is 1. The van der Waals surface area contributed by atoms with Gasteiger partial charge in [0.25, 0.3) is 10.0 Å². The van der Waals surface area contributed by atoms with Gasteiger partial charge in [-0.25, -0.2) is 18.0 Å². The van der Waals surface area contributed by atoms with Crippen molar-refractivity contribution in [1.29, 1.82) is 0 Å². The summed E-state index contributed by atoms with van der Waals surface area (Å²) in [5.41, 5.74) is -0.203. The standard InChI is InChI=1S/C29H31Cl2N3O7S/c1-29(2,3)26(27(36)37)34(23-14-20(30)13-21(31)15-23)42(39,40)24-12-8-11-22(16-24)32-25(35)17-33(4)28(38)41-18-19-9-6-5-7-10-19/h5-16,26H,17-18H2,1-4H3,(H,32,35)(H,36,37). The summed E-state index contributed by atoms with van der Waals surface area (Å²) in [5, 5.41) is 12.9. The number of hydrogen-bond donors (Lipinski definition) is 2. The molecule has 10 nitrogen and oxygen atoms in total. The van der Waals surface area contributed by atoms with Crippen molar-refractivity contribution >= 4 is 62.6 Å². The molecule has 3 aromatic rings. The molecule has 0 fully saturated rings. The molecule has 224 valence electrons. The lowest BCUT2D eigenvalue weighted by molar-refractivity contribution is -0.140. The summed E-state index contributed by atoms with van der Waals surface area (Å²) < 4.78 is 34.1. The number of nitrogens with zero attached hydrogens (tertiary/aromatic N) is 2. The quantitative estimate of drug-likeness (QED) is 0.283. The Morgan fingerprint density at radius 1 is 0.952 bits per heavy atom. The Kier molecular flexibility index (Phi) is 10.5. The summed E-state index contributed by atoms with van der Waals surface area (Å²) in [6, 6.07) is 16.8. The number of carboxylic acid groups (broad SMARTS) is 1. The number of anilines is 2. The number of carbonyl (C=O) groups is 3. The Morgan fingerprint density at radius 3 is 2.14 bits per heavy atom. The van der Waals surface area contributed by atoms with Crippen molar-refractivity contribution in [2.24, 2.45) is 5.41 Å². The molecule has 0 bridgehead atoms. The van der Waals surface area contributed by atoms with Crippen LogP contribution in [0, 0.1) is 5.41 Å². The highest BCUT2D eigenvalue weighted by atomic mass is 35.5. The van der Waals surface area contributed by atoms with Gasteiger partial charge >= 0.3 is 12.1 Å². The van der Waals surface area contributed by atoms with Crippen LogP contribution in [0.15, 0.2) is 77.7 Å². The van der Waals surface area contributed by atoms with Gasteiger partial charge in [0, 0.05) is 22.8 Å². The van der Waals surface area contributed by atoms with E-state index in [1.807, 2.05) is 18.2 Å². The van der Waals surface area contributed by atoms with E-state index in [2.05, 4.69) is 5.32 Å². The smallest absolute Gasteiger partial charge is 0.410 e. The van der Waals surface area contributed by atoms with E-state index < -0.39 is 39.4 Å². The number of nitrogens with one attached hydrogen (secondary N) is 1. The van der Waals surface area contributed by atoms with Crippen LogP contribution in [0.5, 0.6) is 0 Å². The van der Waals surface area contributed by atoms with Crippen LogP contribution in [0.3, 0.4) is 0 Å². The molecular formula is C29H31Cl2N3O7S. The van der Waals surface area contributed by atoms with Crippen molar-refractivity contribution < 1.29 is 32.6 Å². The maximum Gasteiger partial charge on any atom is 0.410 e. The number of aliphatic carboxylic acids is 1. The van der Waals surface area contributed by atoms with Crippen molar-refractivity contribution in [1.82, 2.24) is 4.90 Å². The van der Waals surface area contributed by atoms with Crippen molar-refractivity contribution in [2.45, 2.75) is 38.3 Å². The van der Waals surface area contributed by atoms with E-state index >= 15 is 0 Å². The first-order chi connectivity index (χ1) is 19.6. The summed E-state index contributed by atoms with van der Waals surface area (Å²) in [4.78, 5) is 38.2. The Labute approximate surface area is 254 Å². The normalized spacial score (nSPS) is 12.2. The number of benzene rings is 3. The third kappa shape index (κ3) is 8.37. The van der Waals surface area contributed by atoms with Crippen LogP contribution in [-0.2, 0) is 31.0 Å². The number of hydrogen-bond acceptors (Lipinski definition) is 6. The van der Waals surface area contributed by atoms with Crippen molar-refractivity contribution in [3.05, 3.63) is 88.4 Å². The fraction of sp³-hybridized carbons (Fsp3) is 0.276. The number of carbonyl (C=O) groups excluding carboxylic acids is 2. The zero-order chi connectivity index (χ0) is 31.2. The number of sulfonamides is 1. The van der Waals surface area contributed by atoms with Gasteiger partial charge in [-0.15, -0.1) is 0 Å². The molecule has 42 heavy (non-hydrogen) atoms. The first-order valence-corrected chi connectivity index (χ1v) is 14.8. The maximum absolute atomic E-state index is 14.0. The lowest BCUT2D eigenvalue weighted by Gasteiger charge is -2.38. The van der Waals surface area contributed by atoms with Crippen LogP contribution in [0.2, 0.25) is 10.0 Å². The van der Waals surface area contributed by atoms with Gasteiger partial charge < -0.3 is 20.1 Å². The van der Waals surface area contributed by atoms with Gasteiger partial charge in [0.15, 0.2) is 0 Å². The van der Waals surface area contributed by atoms with E-state index in [0.717, 1.165) is 14.8 Å². The second-order valence-corrected chi connectivity index (χ2v) is 13.2. The third-order valence-electron chi connectivity index (χ3n) is 5.96. The summed E-state index contributed by atoms with van der Waals surface area (Å²) in [7, 11) is -3.15. The predicted molar refractivity (Wildman–Crippen MR) is 161 cm³/mol. The second kappa shape index (κ2) is 13.5. The average molecular weight is 637 g/mol. The minimum atomic E-state index is -4.54. The van der Waals surface area contributed by atoms with E-state index in [9.17, 15) is 27.9 Å². The molecule has 2 N–H and O–H groups in total. The predicted octanol–water partition coefficient (Wildman–Crippen LogP) is 5.90. The summed E-state index contributed by atoms with van der Waals surface area (Å²) >= 11 is 12.3. The zero-order valence-corrected chi connectivity index (χ0v) is 25.7. The molecule has 0 saturated carbocycles. The highest BCUT2D eigenvalue weighted by Gasteiger charge is 2.43. The van der Waals surface area contributed by atoms with Crippen LogP contribution >= 0.6 is 23.2 Å². The molecule has 13 heteroatoms. The SMILES string of the molecule is CN(CC(=O)Nc1cccc(S(=O)(=O)N(c2cc(Cl)cc(Cl)c2)C(C(=O)O)C(C)(C)C)c1)C(=O)OCc1ccccc1. The van der Waals surface area contributed by atoms with Gasteiger partial charge in [-0.1, -0.05) is 80.4 Å². The maximum atomic E-state index is 14.0. The molecule has 0 aliphatic rings. The summed E-state index contributed by atoms with van der Waals surface area (Å²) in [6.07, 6.45) is -0.719. The van der Waals surface area contributed by atoms with E-state index in [1.54, 1.807) is 32.9 Å². The van der Waals surface area contributed by atoms with E-state index in [0.29, 0.717) is 0 Å². The van der Waals surface area contributed by atoms with Gasteiger partial charge in [0.2, 0.25) is 5.91 Å². The average Bonchev–Trinajstić information content (AvgIpc) is 2.89. The van der Waals surface area contributed by atoms with Gasteiger partial charge in [0.05, 0.1) is 10.6 Å². The number of rotatable bonds is 10. The van der Waals surface area contributed by atoms with Crippen LogP contribution in [0.1, 0.15) is 26.3 Å². The molecule has 0 spiro atoms. The number of halogens is 2. The Morgan fingerprint density at radius 2 is 1.57 bits per heavy atom. The molecule has 0 saturated heterocycles. The third-order valence-corrected chi connectivity index (χ3v) is 8.19. The number of likely N-dealkylation sites (N-methyl/N-ethyl adjacent to an activating group) is 1. The fourth-order valence-electron chi connectivity index (χ4n) is 4.07. The minimum Gasteiger partial charge on any atom is -0.480 e. The number of ether oxygens (including phenoxy) is 1. The van der Waals surface area contributed by atoms with Gasteiger partial charge in [-0.3, -0.25) is 9.10 Å². The van der Waals surface area contributed by atoms with Crippen LogP contribution < -0.4 is 9.62 Å². The fourth-order valence-corrected chi connectivity index (χ4v) is 6.41. The highest BCUT2D eigenvalue weighted by molar-refractivity contribution is 7.93. The second-order valence-electron chi connectivity index (χ2n) is 10.5. The Bertz CT molecular complexity index is 1540. The molecule has 3 aromatic carbocycles. The van der Waals surface area contributed by atoms with Gasteiger partial charge in [0.1, 0.15) is 19.2 Å². The zero-order valence-electron chi connectivity index (χ0n) is 23.4. The van der Waals surface area contributed by atoms with Crippen LogP contribution in [-0.4, -0.2) is 56.0 Å². The summed E-state index contributed by atoms with van der Waals surface area (Å²) in [5.74, 6) is -1.99. The summed E-state index contributed by atoms with van der Waals surface area (Å²) in [6.45, 7) is 4.45. The van der Waals surface area contributed by atoms with Crippen molar-refractivity contribution in [3.63, 3.8) is 0 Å². The molecule has 1 atom stereocenters. The van der Waals surface area contributed by atoms with Gasteiger partial charge in [-0.05, 0) is 47.4 Å². The molecule has 0 radical (unpaired) electrons. The Balaban J connectivity index is 1.85. The topological polar surface area (TPSA) is 133 Å². The molecule has 0 aromatic heterocycles. The molecule has 0 heterocycles. The Hall–Kier alpha value is -3.80.